The van der Waals surface area contributed by atoms with Gasteiger partial charge < -0.3 is 0 Å². The Labute approximate surface area is 155 Å². The number of hydrogen-bond donors (Lipinski definition) is 0. The summed E-state index contributed by atoms with van der Waals surface area (Å²) in [6.45, 7) is 0. The first-order valence-corrected chi connectivity index (χ1v) is 9.66. The van der Waals surface area contributed by atoms with Crippen LogP contribution in [0.3, 0.4) is 0 Å². The summed E-state index contributed by atoms with van der Waals surface area (Å²) in [5.74, 6) is 0. The topological polar surface area (TPSA) is 12.9 Å². The van der Waals surface area contributed by atoms with Crippen LogP contribution < -0.4 is 0 Å². The Bertz CT molecular complexity index is 727. The van der Waals surface area contributed by atoms with Crippen molar-refractivity contribution in [3.63, 3.8) is 0 Å². The highest BCUT2D eigenvalue weighted by atomic mass is 35.5. The fourth-order valence-electron chi connectivity index (χ4n) is 3.07. The number of rotatable bonds is 4. The molecule has 0 N–H and O–H groups in total. The molecule has 1 aromatic heterocycles. The van der Waals surface area contributed by atoms with E-state index in [2.05, 4.69) is 4.98 Å². The van der Waals surface area contributed by atoms with Crippen LogP contribution in [0.1, 0.15) is 48.9 Å². The summed E-state index contributed by atoms with van der Waals surface area (Å²) in [6.07, 6.45) is 1.68. The summed E-state index contributed by atoms with van der Waals surface area (Å²) < 4.78 is 39.2. The predicted molar refractivity (Wildman–Crippen MR) is 96.2 cm³/mol. The first-order chi connectivity index (χ1) is 11.9. The van der Waals surface area contributed by atoms with E-state index in [0.29, 0.717) is 21.7 Å². The second-order valence-corrected chi connectivity index (χ2v) is 8.07. The van der Waals surface area contributed by atoms with Gasteiger partial charge in [-0.1, -0.05) is 49.1 Å². The van der Waals surface area contributed by atoms with E-state index in [1.165, 1.54) is 18.2 Å². The van der Waals surface area contributed by atoms with E-state index in [1.807, 2.05) is 18.2 Å². The lowest BCUT2D eigenvalue weighted by atomic mass is 10.0. The average Bonchev–Trinajstić information content (AvgIpc) is 2.56. The van der Waals surface area contributed by atoms with Crippen molar-refractivity contribution in [2.45, 2.75) is 55.0 Å². The van der Waals surface area contributed by atoms with Gasteiger partial charge in [-0.25, -0.2) is 4.98 Å². The van der Waals surface area contributed by atoms with Gasteiger partial charge in [0.25, 0.3) is 0 Å². The van der Waals surface area contributed by atoms with Gasteiger partial charge in [0.05, 0.1) is 0 Å². The molecular formula is C19H19ClF3NS. The molecule has 0 saturated heterocycles. The highest BCUT2D eigenvalue weighted by Gasteiger charge is 2.33. The molecule has 0 spiro atoms. The van der Waals surface area contributed by atoms with Crippen molar-refractivity contribution in [3.05, 3.63) is 58.2 Å². The molecule has 6 heteroatoms. The maximum atomic E-state index is 13.1. The molecule has 1 fully saturated rings. The Morgan fingerprint density at radius 1 is 1.08 bits per heavy atom. The van der Waals surface area contributed by atoms with Crippen molar-refractivity contribution >= 4 is 23.4 Å². The molecule has 1 heterocycles. The van der Waals surface area contributed by atoms with Crippen LogP contribution in [0.15, 0.2) is 41.4 Å². The van der Waals surface area contributed by atoms with Gasteiger partial charge in [0.15, 0.2) is 0 Å². The Morgan fingerprint density at radius 2 is 1.84 bits per heavy atom. The number of hydrogen-bond acceptors (Lipinski definition) is 2. The van der Waals surface area contributed by atoms with Gasteiger partial charge in [0, 0.05) is 16.7 Å². The maximum Gasteiger partial charge on any atom is 0.433 e. The molecule has 3 rings (SSSR count). The SMILES string of the molecule is FC(F)(F)c1ccc(Cc2cccc(Cl)c2)c(SC2CCCCC2)n1. The fourth-order valence-corrected chi connectivity index (χ4v) is 4.61. The molecule has 1 aliphatic carbocycles. The predicted octanol–water partition coefficient (Wildman–Crippen LogP) is 6.77. The lowest BCUT2D eigenvalue weighted by Crippen LogP contribution is -2.12. The van der Waals surface area contributed by atoms with Crippen molar-refractivity contribution in [3.8, 4) is 0 Å². The second kappa shape index (κ2) is 8.00. The van der Waals surface area contributed by atoms with Crippen LogP contribution in [0.5, 0.6) is 0 Å². The van der Waals surface area contributed by atoms with E-state index in [-0.39, 0.29) is 0 Å². The van der Waals surface area contributed by atoms with Crippen molar-refractivity contribution in [2.75, 3.05) is 0 Å². The summed E-state index contributed by atoms with van der Waals surface area (Å²) in [4.78, 5) is 3.96. The molecule has 0 amide bonds. The van der Waals surface area contributed by atoms with Gasteiger partial charge in [0.2, 0.25) is 0 Å². The van der Waals surface area contributed by atoms with E-state index in [0.717, 1.165) is 42.9 Å². The van der Waals surface area contributed by atoms with E-state index in [9.17, 15) is 13.2 Å². The highest BCUT2D eigenvalue weighted by Crippen LogP contribution is 2.37. The van der Waals surface area contributed by atoms with Crippen LogP contribution in [-0.2, 0) is 12.6 Å². The monoisotopic (exact) mass is 385 g/mol. The molecule has 1 aliphatic rings. The average molecular weight is 386 g/mol. The fraction of sp³-hybridized carbons (Fsp3) is 0.421. The normalized spacial score (nSPS) is 16.2. The number of aromatic nitrogens is 1. The third kappa shape index (κ3) is 5.14. The first-order valence-electron chi connectivity index (χ1n) is 8.40. The third-order valence-corrected chi connectivity index (χ3v) is 5.96. The molecule has 25 heavy (non-hydrogen) atoms. The number of benzene rings is 1. The standard InChI is InChI=1S/C19H19ClF3NS/c20-15-6-4-5-13(12-15)11-14-9-10-17(19(21,22)23)24-18(14)25-16-7-2-1-3-8-16/h4-6,9-10,12,16H,1-3,7-8,11H2. The number of alkyl halides is 3. The molecule has 2 aromatic rings. The molecule has 0 unspecified atom stereocenters. The molecule has 1 aromatic carbocycles. The molecule has 0 bridgehead atoms. The smallest absolute Gasteiger partial charge is 0.237 e. The lowest BCUT2D eigenvalue weighted by Gasteiger charge is -2.22. The van der Waals surface area contributed by atoms with Gasteiger partial charge in [-0.3, -0.25) is 0 Å². The van der Waals surface area contributed by atoms with Crippen molar-refractivity contribution < 1.29 is 13.2 Å². The third-order valence-electron chi connectivity index (χ3n) is 4.34. The first kappa shape index (κ1) is 18.6. The van der Waals surface area contributed by atoms with Crippen LogP contribution >= 0.6 is 23.4 Å². The van der Waals surface area contributed by atoms with Crippen LogP contribution in [0.25, 0.3) is 0 Å². The Morgan fingerprint density at radius 3 is 2.52 bits per heavy atom. The van der Waals surface area contributed by atoms with Crippen molar-refractivity contribution in [1.29, 1.82) is 0 Å². The van der Waals surface area contributed by atoms with E-state index in [4.69, 9.17) is 11.6 Å². The summed E-state index contributed by atoms with van der Waals surface area (Å²) in [5, 5.41) is 1.48. The van der Waals surface area contributed by atoms with Gasteiger partial charge in [-0.05, 0) is 42.2 Å². The minimum absolute atomic E-state index is 0.350. The number of thioether (sulfide) groups is 1. The zero-order valence-electron chi connectivity index (χ0n) is 13.7. The Kier molecular flexibility index (Phi) is 5.95. The van der Waals surface area contributed by atoms with E-state index >= 15 is 0 Å². The van der Waals surface area contributed by atoms with Gasteiger partial charge >= 0.3 is 6.18 Å². The minimum Gasteiger partial charge on any atom is -0.237 e. The molecule has 0 radical (unpaired) electrons. The quantitative estimate of drug-likeness (QED) is 0.576. The van der Waals surface area contributed by atoms with Crippen molar-refractivity contribution in [2.24, 2.45) is 0 Å². The molecule has 0 atom stereocenters. The lowest BCUT2D eigenvalue weighted by molar-refractivity contribution is -0.141. The molecule has 1 saturated carbocycles. The molecular weight excluding hydrogens is 367 g/mol. The number of nitrogens with zero attached hydrogens (tertiary/aromatic N) is 1. The van der Waals surface area contributed by atoms with E-state index < -0.39 is 11.9 Å². The summed E-state index contributed by atoms with van der Waals surface area (Å²) >= 11 is 7.52. The summed E-state index contributed by atoms with van der Waals surface area (Å²) in [5.41, 5.74) is 0.978. The van der Waals surface area contributed by atoms with Crippen LogP contribution in [-0.4, -0.2) is 10.2 Å². The van der Waals surface area contributed by atoms with Crippen LogP contribution in [0.2, 0.25) is 5.02 Å². The highest BCUT2D eigenvalue weighted by molar-refractivity contribution is 7.99. The van der Waals surface area contributed by atoms with Gasteiger partial charge in [-0.15, -0.1) is 11.8 Å². The van der Waals surface area contributed by atoms with Gasteiger partial charge in [-0.2, -0.15) is 13.2 Å². The molecule has 1 nitrogen and oxygen atoms in total. The minimum atomic E-state index is -4.42. The zero-order valence-corrected chi connectivity index (χ0v) is 15.2. The van der Waals surface area contributed by atoms with Gasteiger partial charge in [0.1, 0.15) is 10.7 Å². The Balaban J connectivity index is 1.89. The van der Waals surface area contributed by atoms with E-state index in [1.54, 1.807) is 12.1 Å². The second-order valence-electron chi connectivity index (χ2n) is 6.34. The number of halogens is 4. The van der Waals surface area contributed by atoms with Crippen LogP contribution in [0.4, 0.5) is 13.2 Å². The van der Waals surface area contributed by atoms with Crippen molar-refractivity contribution in [1.82, 2.24) is 4.98 Å². The molecule has 0 aliphatic heterocycles. The largest absolute Gasteiger partial charge is 0.433 e. The molecule has 134 valence electrons. The van der Waals surface area contributed by atoms with Crippen LogP contribution in [0, 0.1) is 0 Å². The summed E-state index contributed by atoms with van der Waals surface area (Å²) in [7, 11) is 0. The number of pyridine rings is 1. The Hall–Kier alpha value is -1.20. The maximum absolute atomic E-state index is 13.1. The zero-order chi connectivity index (χ0) is 17.9. The summed E-state index contributed by atoms with van der Waals surface area (Å²) in [6, 6.07) is 10.0.